The van der Waals surface area contributed by atoms with Crippen molar-refractivity contribution in [3.8, 4) is 0 Å². The number of hydrogen-bond acceptors (Lipinski definition) is 5. The van der Waals surface area contributed by atoms with Crippen LogP contribution in [0.5, 0.6) is 0 Å². The molecule has 2 aliphatic rings. The first kappa shape index (κ1) is 21.0. The third-order valence-corrected chi connectivity index (χ3v) is 10.5. The van der Waals surface area contributed by atoms with Gasteiger partial charge in [-0.05, 0) is 62.2 Å². The second-order valence-electron chi connectivity index (χ2n) is 7.68. The van der Waals surface area contributed by atoms with E-state index in [4.69, 9.17) is 16.5 Å². The van der Waals surface area contributed by atoms with Gasteiger partial charge in [0.1, 0.15) is 6.34 Å². The molecule has 0 bridgehead atoms. The maximum absolute atomic E-state index is 13.6. The summed E-state index contributed by atoms with van der Waals surface area (Å²) in [7, 11) is 3.92. The molecule has 1 fully saturated rings. The number of benzene rings is 2. The van der Waals surface area contributed by atoms with Crippen molar-refractivity contribution in [3.63, 3.8) is 0 Å². The van der Waals surface area contributed by atoms with E-state index in [0.29, 0.717) is 17.7 Å². The van der Waals surface area contributed by atoms with Crippen LogP contribution in [0.2, 0.25) is 0 Å². The quantitative estimate of drug-likeness (QED) is 0.520. The SMILES string of the molecule is CCOC(=O)c1ccc(N2C(=O)c3cc(N(C)C)ccc3[P@@]2(=S)N2CCCC2)cc1. The molecule has 2 heterocycles. The largest absolute Gasteiger partial charge is 0.462 e. The van der Waals surface area contributed by atoms with Crippen LogP contribution in [0.3, 0.4) is 0 Å². The van der Waals surface area contributed by atoms with E-state index < -0.39 is 6.34 Å². The summed E-state index contributed by atoms with van der Waals surface area (Å²) >= 11 is 6.33. The molecular formula is C22H26N3O3PS. The molecule has 0 radical (unpaired) electrons. The molecule has 4 rings (SSSR count). The zero-order valence-corrected chi connectivity index (χ0v) is 19.2. The Bertz CT molecular complexity index is 1030. The van der Waals surface area contributed by atoms with Crippen molar-refractivity contribution in [3.05, 3.63) is 53.6 Å². The van der Waals surface area contributed by atoms with Crippen LogP contribution in [0.25, 0.3) is 0 Å². The van der Waals surface area contributed by atoms with Gasteiger partial charge in [-0.3, -0.25) is 14.1 Å². The van der Waals surface area contributed by atoms with Crippen LogP contribution < -0.4 is 14.9 Å². The number of esters is 1. The summed E-state index contributed by atoms with van der Waals surface area (Å²) in [4.78, 5) is 27.6. The van der Waals surface area contributed by atoms with Crippen LogP contribution >= 0.6 is 6.34 Å². The molecule has 8 heteroatoms. The minimum absolute atomic E-state index is 0.0622. The van der Waals surface area contributed by atoms with Crippen LogP contribution in [0, 0.1) is 0 Å². The lowest BCUT2D eigenvalue weighted by molar-refractivity contribution is 0.0526. The Hall–Kier alpha value is -2.21. The molecule has 158 valence electrons. The summed E-state index contributed by atoms with van der Waals surface area (Å²) in [6, 6.07) is 13.0. The van der Waals surface area contributed by atoms with E-state index in [1.54, 1.807) is 31.2 Å². The number of ether oxygens (including phenoxy) is 1. The number of nitrogens with zero attached hydrogens (tertiary/aromatic N) is 3. The van der Waals surface area contributed by atoms with Gasteiger partial charge in [-0.25, -0.2) is 4.79 Å². The van der Waals surface area contributed by atoms with Gasteiger partial charge in [-0.2, -0.15) is 0 Å². The van der Waals surface area contributed by atoms with Gasteiger partial charge >= 0.3 is 5.97 Å². The number of amides is 1. The molecule has 2 aromatic rings. The van der Waals surface area contributed by atoms with Gasteiger partial charge in [0, 0.05) is 38.2 Å². The Morgan fingerprint density at radius 2 is 1.80 bits per heavy atom. The van der Waals surface area contributed by atoms with E-state index in [2.05, 4.69) is 4.67 Å². The van der Waals surface area contributed by atoms with Gasteiger partial charge in [0.05, 0.1) is 23.4 Å². The molecule has 30 heavy (non-hydrogen) atoms. The summed E-state index contributed by atoms with van der Waals surface area (Å²) < 4.78 is 9.21. The van der Waals surface area contributed by atoms with Crippen LogP contribution in [0.4, 0.5) is 11.4 Å². The Balaban J connectivity index is 1.80. The lowest BCUT2D eigenvalue weighted by atomic mass is 10.1. The van der Waals surface area contributed by atoms with E-state index in [9.17, 15) is 9.59 Å². The monoisotopic (exact) mass is 443 g/mol. The van der Waals surface area contributed by atoms with Gasteiger partial charge in [0.15, 0.2) is 0 Å². The van der Waals surface area contributed by atoms with Crippen molar-refractivity contribution >= 4 is 46.7 Å². The molecular weight excluding hydrogens is 417 g/mol. The lowest BCUT2D eigenvalue weighted by Gasteiger charge is -2.36. The predicted molar refractivity (Wildman–Crippen MR) is 125 cm³/mol. The molecule has 6 nitrogen and oxygen atoms in total. The zero-order chi connectivity index (χ0) is 21.5. The minimum Gasteiger partial charge on any atom is -0.462 e. The molecule has 1 amide bonds. The van der Waals surface area contributed by atoms with Crippen molar-refractivity contribution in [2.75, 3.05) is 43.4 Å². The van der Waals surface area contributed by atoms with Gasteiger partial charge in [0.25, 0.3) is 5.91 Å². The summed E-state index contributed by atoms with van der Waals surface area (Å²) in [5.41, 5.74) is 2.86. The van der Waals surface area contributed by atoms with Crippen molar-refractivity contribution in [1.29, 1.82) is 0 Å². The topological polar surface area (TPSA) is 53.1 Å². The van der Waals surface area contributed by atoms with E-state index >= 15 is 0 Å². The zero-order valence-electron chi connectivity index (χ0n) is 17.5. The summed E-state index contributed by atoms with van der Waals surface area (Å²) in [5, 5.41) is 0.962. The fourth-order valence-electron chi connectivity index (χ4n) is 4.05. The van der Waals surface area contributed by atoms with Crippen molar-refractivity contribution in [2.45, 2.75) is 19.8 Å². The maximum Gasteiger partial charge on any atom is 0.338 e. The molecule has 0 aliphatic carbocycles. The maximum atomic E-state index is 13.6. The van der Waals surface area contributed by atoms with E-state index in [0.717, 1.165) is 42.6 Å². The molecule has 0 aromatic heterocycles. The minimum atomic E-state index is -2.48. The number of fused-ring (bicyclic) bond motifs is 1. The Morgan fingerprint density at radius 3 is 2.40 bits per heavy atom. The lowest BCUT2D eigenvalue weighted by Crippen LogP contribution is -2.32. The van der Waals surface area contributed by atoms with Gasteiger partial charge in [-0.15, -0.1) is 0 Å². The Kier molecular flexibility index (Phi) is 5.71. The van der Waals surface area contributed by atoms with Gasteiger partial charge in [0.2, 0.25) is 0 Å². The summed E-state index contributed by atoms with van der Waals surface area (Å²) in [6.45, 7) is 3.90. The molecule has 0 saturated carbocycles. The standard InChI is InChI=1S/C22H26N3O3PS/c1-4-28-22(27)16-7-9-17(10-8-16)25-21(26)19-15-18(23(2)3)11-12-20(19)29(25,30)24-13-5-6-14-24/h7-12,15H,4-6,13-14H2,1-3H3/t29-/m1/s1. The Morgan fingerprint density at radius 1 is 1.13 bits per heavy atom. The number of carbonyl (C=O) groups excluding carboxylic acids is 2. The fraction of sp³-hybridized carbons (Fsp3) is 0.364. The van der Waals surface area contributed by atoms with Crippen molar-refractivity contribution in [2.24, 2.45) is 0 Å². The second kappa shape index (κ2) is 8.14. The smallest absolute Gasteiger partial charge is 0.338 e. The molecule has 1 atom stereocenters. The molecule has 0 N–H and O–H groups in total. The highest BCUT2D eigenvalue weighted by atomic mass is 32.4. The van der Waals surface area contributed by atoms with Gasteiger partial charge in [-0.1, -0.05) is 11.8 Å². The first-order valence-electron chi connectivity index (χ1n) is 10.2. The van der Waals surface area contributed by atoms with Crippen LogP contribution in [0.1, 0.15) is 40.5 Å². The van der Waals surface area contributed by atoms with Crippen LogP contribution in [-0.4, -0.2) is 50.3 Å². The third-order valence-electron chi connectivity index (χ3n) is 5.59. The van der Waals surface area contributed by atoms with Crippen LogP contribution in [-0.2, 0) is 16.5 Å². The Labute approximate surface area is 182 Å². The first-order chi connectivity index (χ1) is 14.4. The van der Waals surface area contributed by atoms with Gasteiger partial charge < -0.3 is 9.64 Å². The van der Waals surface area contributed by atoms with Crippen LogP contribution in [0.15, 0.2) is 42.5 Å². The number of carbonyl (C=O) groups is 2. The average Bonchev–Trinajstić information content (AvgIpc) is 3.35. The third kappa shape index (κ3) is 3.35. The predicted octanol–water partition coefficient (Wildman–Crippen LogP) is 3.62. The summed E-state index contributed by atoms with van der Waals surface area (Å²) in [6.07, 6.45) is -0.300. The average molecular weight is 444 g/mol. The second-order valence-corrected chi connectivity index (χ2v) is 11.7. The highest BCUT2D eigenvalue weighted by Crippen LogP contribution is 2.60. The van der Waals surface area contributed by atoms with E-state index in [-0.39, 0.29) is 11.9 Å². The molecule has 1 saturated heterocycles. The summed E-state index contributed by atoms with van der Waals surface area (Å²) in [5.74, 6) is -0.428. The van der Waals surface area contributed by atoms with Crippen molar-refractivity contribution in [1.82, 2.24) is 4.67 Å². The van der Waals surface area contributed by atoms with Crippen molar-refractivity contribution < 1.29 is 14.3 Å². The first-order valence-corrected chi connectivity index (χ1v) is 12.9. The highest BCUT2D eigenvalue weighted by Gasteiger charge is 2.47. The highest BCUT2D eigenvalue weighted by molar-refractivity contribution is 8.18. The molecule has 0 spiro atoms. The molecule has 0 unspecified atom stereocenters. The number of hydrogen-bond donors (Lipinski definition) is 0. The van der Waals surface area contributed by atoms with E-state index in [1.165, 1.54) is 0 Å². The number of anilines is 2. The fourth-order valence-corrected chi connectivity index (χ4v) is 8.66. The normalized spacial score (nSPS) is 21.0. The molecule has 2 aromatic carbocycles. The number of rotatable bonds is 5. The molecule has 2 aliphatic heterocycles. The van der Waals surface area contributed by atoms with E-state index in [1.807, 2.05) is 41.9 Å².